The van der Waals surface area contributed by atoms with Gasteiger partial charge in [-0.15, -0.1) is 0 Å². The molecule has 2 aromatic rings. The van der Waals surface area contributed by atoms with Crippen LogP contribution in [0.1, 0.15) is 50.8 Å². The molecule has 3 rings (SSSR count). The number of pyridine rings is 1. The summed E-state index contributed by atoms with van der Waals surface area (Å²) in [6.07, 6.45) is 4.45. The van der Waals surface area contributed by atoms with Gasteiger partial charge < -0.3 is 25.0 Å². The van der Waals surface area contributed by atoms with E-state index in [-0.39, 0.29) is 6.04 Å². The lowest BCUT2D eigenvalue weighted by atomic mass is 10.1. The van der Waals surface area contributed by atoms with E-state index in [1.165, 1.54) is 12.8 Å². The molecule has 168 valence electrons. The Morgan fingerprint density at radius 1 is 1.10 bits per heavy atom. The molecule has 7 heteroatoms. The van der Waals surface area contributed by atoms with Crippen LogP contribution in [0.2, 0.25) is 0 Å². The van der Waals surface area contributed by atoms with Gasteiger partial charge >= 0.3 is 0 Å². The van der Waals surface area contributed by atoms with Gasteiger partial charge in [-0.3, -0.25) is 4.99 Å². The highest BCUT2D eigenvalue weighted by molar-refractivity contribution is 5.80. The van der Waals surface area contributed by atoms with Crippen molar-refractivity contribution >= 4 is 11.8 Å². The Bertz CT molecular complexity index is 848. The van der Waals surface area contributed by atoms with Gasteiger partial charge in [0.25, 0.3) is 0 Å². The Labute approximate surface area is 185 Å². The predicted octanol–water partition coefficient (Wildman–Crippen LogP) is 3.91. The minimum absolute atomic E-state index is 0.0525. The van der Waals surface area contributed by atoms with Crippen LogP contribution in [-0.4, -0.2) is 44.3 Å². The maximum atomic E-state index is 5.75. The number of aliphatic imine (C=N–C) groups is 1. The van der Waals surface area contributed by atoms with Crippen molar-refractivity contribution in [2.24, 2.45) is 4.99 Å². The topological polar surface area (TPSA) is 71.0 Å². The van der Waals surface area contributed by atoms with Gasteiger partial charge in [-0.1, -0.05) is 12.1 Å². The van der Waals surface area contributed by atoms with E-state index in [9.17, 15) is 0 Å². The summed E-state index contributed by atoms with van der Waals surface area (Å²) in [6.45, 7) is 10.1. The molecular formula is C24H35N5O2. The third-order valence-corrected chi connectivity index (χ3v) is 5.34. The lowest BCUT2D eigenvalue weighted by Gasteiger charge is -2.20. The molecule has 1 unspecified atom stereocenters. The molecule has 0 aliphatic carbocycles. The van der Waals surface area contributed by atoms with Crippen LogP contribution in [0.3, 0.4) is 0 Å². The lowest BCUT2D eigenvalue weighted by molar-refractivity contribution is 0.287. The van der Waals surface area contributed by atoms with Crippen molar-refractivity contribution in [2.75, 3.05) is 38.3 Å². The maximum Gasteiger partial charge on any atom is 0.191 e. The molecule has 1 aliphatic heterocycles. The minimum atomic E-state index is 0.0525. The van der Waals surface area contributed by atoms with Crippen LogP contribution < -0.4 is 25.0 Å². The highest BCUT2D eigenvalue weighted by atomic mass is 16.5. The Morgan fingerprint density at radius 3 is 2.48 bits per heavy atom. The molecule has 0 amide bonds. The molecule has 2 heterocycles. The van der Waals surface area contributed by atoms with Crippen LogP contribution in [-0.2, 0) is 6.54 Å². The van der Waals surface area contributed by atoms with Crippen LogP contribution >= 0.6 is 0 Å². The summed E-state index contributed by atoms with van der Waals surface area (Å²) in [7, 11) is 1.78. The first-order valence-corrected chi connectivity index (χ1v) is 11.2. The fourth-order valence-electron chi connectivity index (χ4n) is 3.66. The normalized spacial score (nSPS) is 15.0. The molecule has 0 spiro atoms. The molecule has 1 aromatic heterocycles. The van der Waals surface area contributed by atoms with Crippen molar-refractivity contribution in [2.45, 2.75) is 46.2 Å². The quantitative estimate of drug-likeness (QED) is 0.469. The predicted molar refractivity (Wildman–Crippen MR) is 126 cm³/mol. The van der Waals surface area contributed by atoms with Gasteiger partial charge in [-0.2, -0.15) is 0 Å². The van der Waals surface area contributed by atoms with Crippen LogP contribution in [0.5, 0.6) is 11.5 Å². The Hall–Kier alpha value is -2.96. The third kappa shape index (κ3) is 6.26. The SMILES string of the molecule is CCOc1ccc(C(C)NC(=NC)NCc2ccc(N3CCCC3)nc2)cc1OCC. The number of benzene rings is 1. The number of aromatic nitrogens is 1. The number of nitrogens with one attached hydrogen (secondary N) is 2. The molecule has 31 heavy (non-hydrogen) atoms. The standard InChI is InChI=1S/C24H35N5O2/c1-5-30-21-11-10-20(15-22(21)31-6-2)18(3)28-24(25-4)27-17-19-9-12-23(26-16-19)29-13-7-8-14-29/h9-12,15-16,18H,5-8,13-14,17H2,1-4H3,(H2,25,27,28). The second-order valence-electron chi connectivity index (χ2n) is 7.58. The molecule has 2 N–H and O–H groups in total. The molecular weight excluding hydrogens is 390 g/mol. The van der Waals surface area contributed by atoms with Crippen molar-refractivity contribution in [1.82, 2.24) is 15.6 Å². The number of nitrogens with zero attached hydrogens (tertiary/aromatic N) is 3. The first-order chi connectivity index (χ1) is 15.1. The maximum absolute atomic E-state index is 5.75. The monoisotopic (exact) mass is 425 g/mol. The summed E-state index contributed by atoms with van der Waals surface area (Å²) in [4.78, 5) is 11.3. The Balaban J connectivity index is 1.57. The summed E-state index contributed by atoms with van der Waals surface area (Å²) in [5.41, 5.74) is 2.23. The molecule has 0 bridgehead atoms. The summed E-state index contributed by atoms with van der Waals surface area (Å²) in [6, 6.07) is 10.3. The summed E-state index contributed by atoms with van der Waals surface area (Å²) in [5, 5.41) is 6.82. The molecule has 7 nitrogen and oxygen atoms in total. The van der Waals surface area contributed by atoms with Crippen LogP contribution in [0.25, 0.3) is 0 Å². The van der Waals surface area contributed by atoms with E-state index in [0.29, 0.717) is 19.8 Å². The van der Waals surface area contributed by atoms with Crippen LogP contribution in [0.4, 0.5) is 5.82 Å². The average molecular weight is 426 g/mol. The van der Waals surface area contributed by atoms with Crippen LogP contribution in [0.15, 0.2) is 41.5 Å². The fraction of sp³-hybridized carbons (Fsp3) is 0.500. The summed E-state index contributed by atoms with van der Waals surface area (Å²) < 4.78 is 11.4. The van der Waals surface area contributed by atoms with Crippen molar-refractivity contribution in [1.29, 1.82) is 0 Å². The van der Waals surface area contributed by atoms with Gasteiger partial charge in [-0.05, 0) is 62.9 Å². The number of hydrogen-bond donors (Lipinski definition) is 2. The fourth-order valence-corrected chi connectivity index (χ4v) is 3.66. The zero-order chi connectivity index (χ0) is 22.1. The van der Waals surface area contributed by atoms with E-state index in [1.807, 2.05) is 32.2 Å². The van der Waals surface area contributed by atoms with E-state index in [4.69, 9.17) is 9.47 Å². The van der Waals surface area contributed by atoms with Crippen molar-refractivity contribution < 1.29 is 9.47 Å². The molecule has 1 aliphatic rings. The van der Waals surface area contributed by atoms with E-state index < -0.39 is 0 Å². The van der Waals surface area contributed by atoms with Gasteiger partial charge in [0, 0.05) is 32.9 Å². The second-order valence-corrected chi connectivity index (χ2v) is 7.58. The highest BCUT2D eigenvalue weighted by Crippen LogP contribution is 2.30. The molecule has 1 fully saturated rings. The molecule has 1 saturated heterocycles. The summed E-state index contributed by atoms with van der Waals surface area (Å²) >= 11 is 0. The zero-order valence-electron chi connectivity index (χ0n) is 19.1. The largest absolute Gasteiger partial charge is 0.490 e. The third-order valence-electron chi connectivity index (χ3n) is 5.34. The Kier molecular flexibility index (Phi) is 8.38. The number of rotatable bonds is 9. The lowest BCUT2D eigenvalue weighted by Crippen LogP contribution is -2.38. The van der Waals surface area contributed by atoms with Crippen molar-refractivity contribution in [3.05, 3.63) is 47.7 Å². The number of anilines is 1. The average Bonchev–Trinajstić information content (AvgIpc) is 3.33. The van der Waals surface area contributed by atoms with Gasteiger partial charge in [0.15, 0.2) is 17.5 Å². The summed E-state index contributed by atoms with van der Waals surface area (Å²) in [5.74, 6) is 3.34. The molecule has 1 aromatic carbocycles. The number of ether oxygens (including phenoxy) is 2. The van der Waals surface area contributed by atoms with Gasteiger partial charge in [0.2, 0.25) is 0 Å². The number of hydrogen-bond acceptors (Lipinski definition) is 5. The van der Waals surface area contributed by atoms with Crippen molar-refractivity contribution in [3.63, 3.8) is 0 Å². The zero-order valence-corrected chi connectivity index (χ0v) is 19.1. The molecule has 0 saturated carbocycles. The van der Waals surface area contributed by atoms with Gasteiger partial charge in [-0.25, -0.2) is 4.98 Å². The molecule has 1 atom stereocenters. The van der Waals surface area contributed by atoms with E-state index in [1.54, 1.807) is 7.05 Å². The van der Waals surface area contributed by atoms with Crippen molar-refractivity contribution in [3.8, 4) is 11.5 Å². The van der Waals surface area contributed by atoms with Crippen LogP contribution in [0, 0.1) is 0 Å². The first-order valence-electron chi connectivity index (χ1n) is 11.2. The Morgan fingerprint density at radius 2 is 1.84 bits per heavy atom. The van der Waals surface area contributed by atoms with Gasteiger partial charge in [0.05, 0.1) is 19.3 Å². The van der Waals surface area contributed by atoms with Gasteiger partial charge in [0.1, 0.15) is 5.82 Å². The van der Waals surface area contributed by atoms with E-state index in [2.05, 4.69) is 50.6 Å². The molecule has 0 radical (unpaired) electrons. The number of guanidine groups is 1. The van der Waals surface area contributed by atoms with E-state index in [0.717, 1.165) is 47.5 Å². The minimum Gasteiger partial charge on any atom is -0.490 e. The highest BCUT2D eigenvalue weighted by Gasteiger charge is 2.14. The first kappa shape index (κ1) is 22.7. The smallest absolute Gasteiger partial charge is 0.191 e. The van der Waals surface area contributed by atoms with E-state index >= 15 is 0 Å². The second kappa shape index (κ2) is 11.4.